The summed E-state index contributed by atoms with van der Waals surface area (Å²) in [5, 5.41) is 0. The summed E-state index contributed by atoms with van der Waals surface area (Å²) in [4.78, 5) is 0. The monoisotopic (exact) mass is 226 g/mol. The Labute approximate surface area is 96.7 Å². The van der Waals surface area contributed by atoms with Crippen molar-refractivity contribution in [3.05, 3.63) is 35.4 Å². The first kappa shape index (κ1) is 13.1. The van der Waals surface area contributed by atoms with Gasteiger partial charge in [0.2, 0.25) is 0 Å². The molecule has 90 valence electrons. The molecule has 0 aliphatic rings. The van der Waals surface area contributed by atoms with Crippen LogP contribution in [-0.4, -0.2) is 0 Å². The van der Waals surface area contributed by atoms with E-state index in [-0.39, 0.29) is 0 Å². The minimum atomic E-state index is -0.465. The quantitative estimate of drug-likeness (QED) is 0.637. The molecule has 0 fully saturated rings. The van der Waals surface area contributed by atoms with Gasteiger partial charge < -0.3 is 0 Å². The van der Waals surface area contributed by atoms with Gasteiger partial charge in [-0.2, -0.15) is 0 Å². The summed E-state index contributed by atoms with van der Waals surface area (Å²) in [5.74, 6) is -0.629. The van der Waals surface area contributed by atoms with Crippen molar-refractivity contribution in [2.45, 2.75) is 51.9 Å². The Morgan fingerprint density at radius 3 is 2.06 bits per heavy atom. The third-order valence-corrected chi connectivity index (χ3v) is 2.90. The average molecular weight is 226 g/mol. The molecule has 1 aromatic carbocycles. The summed E-state index contributed by atoms with van der Waals surface area (Å²) < 4.78 is 26.2. The second-order valence-electron chi connectivity index (χ2n) is 4.33. The van der Waals surface area contributed by atoms with E-state index in [2.05, 4.69) is 13.8 Å². The fraction of sp³-hybridized carbons (Fsp3) is 0.571. The number of hydrogen-bond acceptors (Lipinski definition) is 0. The highest BCUT2D eigenvalue weighted by Gasteiger charge is 2.12. The van der Waals surface area contributed by atoms with Crippen LogP contribution in [0.5, 0.6) is 0 Å². The number of hydrogen-bond donors (Lipinski definition) is 0. The molecule has 0 amide bonds. The third kappa shape index (κ3) is 3.92. The van der Waals surface area contributed by atoms with Gasteiger partial charge in [-0.15, -0.1) is 0 Å². The second-order valence-corrected chi connectivity index (χ2v) is 4.33. The van der Waals surface area contributed by atoms with E-state index < -0.39 is 11.6 Å². The maximum Gasteiger partial charge on any atom is 0.126 e. The summed E-state index contributed by atoms with van der Waals surface area (Å²) >= 11 is 0. The lowest BCUT2D eigenvalue weighted by molar-refractivity contribution is 0.525. The molecule has 0 N–H and O–H groups in total. The van der Waals surface area contributed by atoms with Crippen molar-refractivity contribution in [1.82, 2.24) is 0 Å². The molecule has 16 heavy (non-hydrogen) atoms. The zero-order valence-electron chi connectivity index (χ0n) is 10.1. The van der Waals surface area contributed by atoms with Crippen LogP contribution in [0.4, 0.5) is 8.78 Å². The van der Waals surface area contributed by atoms with Crippen molar-refractivity contribution in [1.29, 1.82) is 0 Å². The smallest absolute Gasteiger partial charge is 0.126 e. The Bertz CT molecular complexity index is 300. The summed E-state index contributed by atoms with van der Waals surface area (Å²) in [5.41, 5.74) is 0.813. The van der Waals surface area contributed by atoms with E-state index in [9.17, 15) is 8.78 Å². The normalized spacial score (nSPS) is 12.8. The van der Waals surface area contributed by atoms with Gasteiger partial charge in [-0.05, 0) is 36.5 Å². The third-order valence-electron chi connectivity index (χ3n) is 2.90. The van der Waals surface area contributed by atoms with E-state index in [4.69, 9.17) is 0 Å². The SMILES string of the molecule is CCCCC(CCC)c1cc(F)cc(F)c1. The molecule has 1 atom stereocenters. The Kier molecular flexibility index (Phi) is 5.44. The Morgan fingerprint density at radius 1 is 0.938 bits per heavy atom. The van der Waals surface area contributed by atoms with Gasteiger partial charge in [-0.3, -0.25) is 0 Å². The van der Waals surface area contributed by atoms with E-state index in [0.29, 0.717) is 5.92 Å². The lowest BCUT2D eigenvalue weighted by Gasteiger charge is -2.16. The molecule has 0 spiro atoms. The lowest BCUT2D eigenvalue weighted by Crippen LogP contribution is -2.00. The minimum absolute atomic E-state index is 0.301. The molecule has 0 radical (unpaired) electrons. The first-order chi connectivity index (χ1) is 7.67. The van der Waals surface area contributed by atoms with Crippen molar-refractivity contribution in [2.24, 2.45) is 0 Å². The zero-order chi connectivity index (χ0) is 12.0. The van der Waals surface area contributed by atoms with Crippen LogP contribution < -0.4 is 0 Å². The van der Waals surface area contributed by atoms with Gasteiger partial charge in [0.25, 0.3) is 0 Å². The van der Waals surface area contributed by atoms with Crippen LogP contribution >= 0.6 is 0 Å². The molecular weight excluding hydrogens is 206 g/mol. The zero-order valence-corrected chi connectivity index (χ0v) is 10.1. The van der Waals surface area contributed by atoms with Crippen molar-refractivity contribution in [3.8, 4) is 0 Å². The van der Waals surface area contributed by atoms with Gasteiger partial charge in [-0.1, -0.05) is 33.1 Å². The minimum Gasteiger partial charge on any atom is -0.207 e. The molecule has 1 unspecified atom stereocenters. The fourth-order valence-corrected chi connectivity index (χ4v) is 2.09. The summed E-state index contributed by atoms with van der Waals surface area (Å²) in [6.45, 7) is 4.24. The van der Waals surface area contributed by atoms with Gasteiger partial charge >= 0.3 is 0 Å². The molecule has 0 heterocycles. The summed E-state index contributed by atoms with van der Waals surface area (Å²) in [7, 11) is 0. The van der Waals surface area contributed by atoms with E-state index >= 15 is 0 Å². The fourth-order valence-electron chi connectivity index (χ4n) is 2.09. The van der Waals surface area contributed by atoms with Gasteiger partial charge in [0.15, 0.2) is 0 Å². The van der Waals surface area contributed by atoms with Crippen molar-refractivity contribution in [2.75, 3.05) is 0 Å². The lowest BCUT2D eigenvalue weighted by atomic mass is 9.89. The molecule has 0 aromatic heterocycles. The standard InChI is InChI=1S/C14H20F2/c1-3-5-7-11(6-4-2)12-8-13(15)10-14(16)9-12/h8-11H,3-7H2,1-2H3. The molecule has 0 saturated heterocycles. The predicted molar refractivity (Wildman–Crippen MR) is 63.5 cm³/mol. The van der Waals surface area contributed by atoms with E-state index in [1.807, 2.05) is 0 Å². The number of unbranched alkanes of at least 4 members (excludes halogenated alkanes) is 1. The highest BCUT2D eigenvalue weighted by atomic mass is 19.1. The Balaban J connectivity index is 2.82. The maximum absolute atomic E-state index is 13.1. The molecule has 0 aliphatic heterocycles. The Hall–Kier alpha value is -0.920. The molecule has 0 saturated carbocycles. The molecule has 0 aliphatic carbocycles. The largest absolute Gasteiger partial charge is 0.207 e. The number of benzene rings is 1. The molecule has 2 heteroatoms. The van der Waals surface area contributed by atoms with E-state index in [1.165, 1.54) is 12.1 Å². The summed E-state index contributed by atoms with van der Waals surface area (Å²) in [6, 6.07) is 3.88. The van der Waals surface area contributed by atoms with Crippen LogP contribution in [-0.2, 0) is 0 Å². The highest BCUT2D eigenvalue weighted by molar-refractivity contribution is 5.21. The van der Waals surface area contributed by atoms with Gasteiger partial charge in [-0.25, -0.2) is 8.78 Å². The predicted octanol–water partition coefficient (Wildman–Crippen LogP) is 5.04. The van der Waals surface area contributed by atoms with Gasteiger partial charge in [0, 0.05) is 6.07 Å². The Morgan fingerprint density at radius 2 is 1.56 bits per heavy atom. The van der Waals surface area contributed by atoms with Crippen LogP contribution in [0.15, 0.2) is 18.2 Å². The maximum atomic E-state index is 13.1. The number of rotatable bonds is 6. The first-order valence-corrected chi connectivity index (χ1v) is 6.13. The van der Waals surface area contributed by atoms with E-state index in [0.717, 1.165) is 43.7 Å². The van der Waals surface area contributed by atoms with Crippen LogP contribution in [0.3, 0.4) is 0 Å². The highest BCUT2D eigenvalue weighted by Crippen LogP contribution is 2.28. The topological polar surface area (TPSA) is 0 Å². The molecule has 0 bridgehead atoms. The van der Waals surface area contributed by atoms with Crippen LogP contribution in [0.2, 0.25) is 0 Å². The molecule has 0 nitrogen and oxygen atoms in total. The van der Waals surface area contributed by atoms with Crippen molar-refractivity contribution < 1.29 is 8.78 Å². The molecule has 1 aromatic rings. The number of halogens is 2. The summed E-state index contributed by atoms with van der Waals surface area (Å²) in [6.07, 6.45) is 5.31. The van der Waals surface area contributed by atoms with Crippen LogP contribution in [0.25, 0.3) is 0 Å². The molecular formula is C14H20F2. The average Bonchev–Trinajstić information content (AvgIpc) is 2.22. The van der Waals surface area contributed by atoms with Gasteiger partial charge in [0.1, 0.15) is 11.6 Å². The van der Waals surface area contributed by atoms with Crippen LogP contribution in [0, 0.1) is 11.6 Å². The first-order valence-electron chi connectivity index (χ1n) is 6.13. The van der Waals surface area contributed by atoms with Crippen molar-refractivity contribution >= 4 is 0 Å². The van der Waals surface area contributed by atoms with Crippen LogP contribution in [0.1, 0.15) is 57.4 Å². The van der Waals surface area contributed by atoms with Gasteiger partial charge in [0.05, 0.1) is 0 Å². The molecule has 1 rings (SSSR count). The van der Waals surface area contributed by atoms with Crippen molar-refractivity contribution in [3.63, 3.8) is 0 Å². The second kappa shape index (κ2) is 6.62. The van der Waals surface area contributed by atoms with E-state index in [1.54, 1.807) is 0 Å².